The molecule has 0 spiro atoms. The molecule has 13 heavy (non-hydrogen) atoms. The van der Waals surface area contributed by atoms with Crippen molar-refractivity contribution < 1.29 is 5.21 Å². The highest BCUT2D eigenvalue weighted by atomic mass is 16.4. The Morgan fingerprint density at radius 3 is 1.85 bits per heavy atom. The molecule has 4 fully saturated rings. The molecule has 4 saturated heterocycles. The van der Waals surface area contributed by atoms with Crippen LogP contribution in [0.25, 0.3) is 0 Å². The number of hydrogen-bond donors (Lipinski definition) is 1. The predicted octanol–water partition coefficient (Wildman–Crippen LogP) is -0.306. The summed E-state index contributed by atoms with van der Waals surface area (Å²) in [6.45, 7) is 6.81. The van der Waals surface area contributed by atoms with Gasteiger partial charge in [0.25, 0.3) is 0 Å². The predicted molar refractivity (Wildman–Crippen MR) is 49.1 cm³/mol. The summed E-state index contributed by atoms with van der Waals surface area (Å²) in [5, 5.41) is 12.4. The number of nitrogens with zero attached hydrogens (tertiary/aromatic N) is 3. The first-order valence-electron chi connectivity index (χ1n) is 5.03. The molecular formula is C9H15N3O. The quantitative estimate of drug-likeness (QED) is 0.412. The van der Waals surface area contributed by atoms with Gasteiger partial charge in [-0.3, -0.25) is 0 Å². The first-order chi connectivity index (χ1) is 6.36. The molecule has 0 unspecified atom stereocenters. The molecule has 0 amide bonds. The van der Waals surface area contributed by atoms with E-state index in [1.807, 2.05) is 0 Å². The number of piperidine rings is 2. The lowest BCUT2D eigenvalue weighted by molar-refractivity contribution is 0.178. The molecule has 0 aromatic heterocycles. The van der Waals surface area contributed by atoms with Gasteiger partial charge in [-0.15, -0.1) is 0 Å². The summed E-state index contributed by atoms with van der Waals surface area (Å²) in [4.78, 5) is 5.02. The zero-order valence-corrected chi connectivity index (χ0v) is 7.69. The first-order valence-corrected chi connectivity index (χ1v) is 5.03. The SMILES string of the molecule is ON=C1C2CN3CCN(C2)CC1C3. The van der Waals surface area contributed by atoms with E-state index < -0.39 is 0 Å². The second-order valence-electron chi connectivity index (χ2n) is 4.44. The molecule has 0 aromatic rings. The summed E-state index contributed by atoms with van der Waals surface area (Å²) in [6, 6.07) is 0. The van der Waals surface area contributed by atoms with E-state index in [1.165, 1.54) is 13.1 Å². The van der Waals surface area contributed by atoms with Crippen LogP contribution in [-0.4, -0.2) is 60.0 Å². The van der Waals surface area contributed by atoms with E-state index in [1.54, 1.807) is 0 Å². The number of hydrogen-bond acceptors (Lipinski definition) is 4. The minimum atomic E-state index is 0.500. The van der Waals surface area contributed by atoms with Crippen LogP contribution in [0.15, 0.2) is 5.16 Å². The highest BCUT2D eigenvalue weighted by molar-refractivity contribution is 5.90. The topological polar surface area (TPSA) is 39.1 Å². The molecule has 4 heteroatoms. The molecule has 4 rings (SSSR count). The Morgan fingerprint density at radius 1 is 1.00 bits per heavy atom. The molecule has 4 aliphatic heterocycles. The standard InChI is InChI=1S/C9H15N3O/c13-10-9-7-3-11-1-2-12(5-7)6-8(9)4-11/h7-8,13H,1-6H2. The molecule has 4 aliphatic rings. The van der Waals surface area contributed by atoms with Gasteiger partial charge in [-0.2, -0.15) is 0 Å². The zero-order valence-electron chi connectivity index (χ0n) is 7.69. The van der Waals surface area contributed by atoms with Crippen molar-refractivity contribution in [3.8, 4) is 0 Å². The van der Waals surface area contributed by atoms with Crippen molar-refractivity contribution >= 4 is 5.71 Å². The van der Waals surface area contributed by atoms with E-state index in [0.717, 1.165) is 31.9 Å². The van der Waals surface area contributed by atoms with Crippen molar-refractivity contribution in [3.63, 3.8) is 0 Å². The smallest absolute Gasteiger partial charge is 0.0683 e. The van der Waals surface area contributed by atoms with E-state index in [0.29, 0.717) is 11.8 Å². The molecule has 4 heterocycles. The maximum Gasteiger partial charge on any atom is 0.0683 e. The summed E-state index contributed by atoms with van der Waals surface area (Å²) in [5.74, 6) is 1.00. The zero-order chi connectivity index (χ0) is 8.84. The summed E-state index contributed by atoms with van der Waals surface area (Å²) in [7, 11) is 0. The van der Waals surface area contributed by atoms with Crippen LogP contribution in [-0.2, 0) is 0 Å². The van der Waals surface area contributed by atoms with Gasteiger partial charge in [0.2, 0.25) is 0 Å². The van der Waals surface area contributed by atoms with Gasteiger partial charge >= 0.3 is 0 Å². The van der Waals surface area contributed by atoms with E-state index in [-0.39, 0.29) is 0 Å². The first kappa shape index (κ1) is 7.76. The molecule has 0 saturated carbocycles. The van der Waals surface area contributed by atoms with Gasteiger partial charge in [0.15, 0.2) is 0 Å². The summed E-state index contributed by atoms with van der Waals surface area (Å²) in [5.41, 5.74) is 1.06. The van der Waals surface area contributed by atoms with Crippen molar-refractivity contribution in [2.24, 2.45) is 17.0 Å². The molecule has 1 N–H and O–H groups in total. The van der Waals surface area contributed by atoms with Crippen molar-refractivity contribution in [1.29, 1.82) is 0 Å². The van der Waals surface area contributed by atoms with E-state index in [9.17, 15) is 0 Å². The van der Waals surface area contributed by atoms with Gasteiger partial charge in [-0.05, 0) is 0 Å². The third kappa shape index (κ3) is 1.09. The fourth-order valence-electron chi connectivity index (χ4n) is 3.03. The molecule has 0 radical (unpaired) electrons. The second-order valence-corrected chi connectivity index (χ2v) is 4.44. The Kier molecular flexibility index (Phi) is 1.60. The molecule has 72 valence electrons. The third-order valence-corrected chi connectivity index (χ3v) is 3.60. The van der Waals surface area contributed by atoms with E-state index in [4.69, 9.17) is 5.21 Å². The maximum absolute atomic E-state index is 8.94. The average Bonchev–Trinajstić information content (AvgIpc) is 2.35. The lowest BCUT2D eigenvalue weighted by atomic mass is 9.83. The van der Waals surface area contributed by atoms with E-state index >= 15 is 0 Å². The van der Waals surface area contributed by atoms with Crippen LogP contribution in [0, 0.1) is 11.8 Å². The largest absolute Gasteiger partial charge is 0.411 e. The van der Waals surface area contributed by atoms with E-state index in [2.05, 4.69) is 15.0 Å². The molecule has 0 aliphatic carbocycles. The van der Waals surface area contributed by atoms with Crippen molar-refractivity contribution in [2.45, 2.75) is 0 Å². The van der Waals surface area contributed by atoms with Gasteiger partial charge in [-0.1, -0.05) is 5.16 Å². The molecule has 4 nitrogen and oxygen atoms in total. The van der Waals surface area contributed by atoms with Crippen LogP contribution in [0.2, 0.25) is 0 Å². The summed E-state index contributed by atoms with van der Waals surface area (Å²) in [6.07, 6.45) is 0. The second kappa shape index (κ2) is 2.69. The normalized spacial score (nSPS) is 47.8. The van der Waals surface area contributed by atoms with Gasteiger partial charge in [0, 0.05) is 51.1 Å². The maximum atomic E-state index is 8.94. The van der Waals surface area contributed by atoms with Crippen molar-refractivity contribution in [2.75, 3.05) is 39.3 Å². The Hall–Kier alpha value is -0.610. The van der Waals surface area contributed by atoms with Gasteiger partial charge < -0.3 is 15.0 Å². The number of rotatable bonds is 0. The third-order valence-electron chi connectivity index (χ3n) is 3.60. The minimum absolute atomic E-state index is 0.500. The van der Waals surface area contributed by atoms with Crippen LogP contribution in [0.5, 0.6) is 0 Å². The summed E-state index contributed by atoms with van der Waals surface area (Å²) < 4.78 is 0. The average molecular weight is 181 g/mol. The highest BCUT2D eigenvalue weighted by Gasteiger charge is 2.42. The minimum Gasteiger partial charge on any atom is -0.411 e. The van der Waals surface area contributed by atoms with Crippen LogP contribution < -0.4 is 0 Å². The number of fused-ring (bicyclic) bond motifs is 1. The fourth-order valence-corrected chi connectivity index (χ4v) is 3.03. The highest BCUT2D eigenvalue weighted by Crippen LogP contribution is 2.28. The molecule has 0 aromatic carbocycles. The lowest BCUT2D eigenvalue weighted by Crippen LogP contribution is -2.53. The summed E-state index contributed by atoms with van der Waals surface area (Å²) >= 11 is 0. The lowest BCUT2D eigenvalue weighted by Gasteiger charge is -2.41. The van der Waals surface area contributed by atoms with Crippen LogP contribution in [0.1, 0.15) is 0 Å². The Morgan fingerprint density at radius 2 is 1.46 bits per heavy atom. The Balaban J connectivity index is 1.96. The van der Waals surface area contributed by atoms with Gasteiger partial charge in [-0.25, -0.2) is 0 Å². The van der Waals surface area contributed by atoms with Crippen molar-refractivity contribution in [3.05, 3.63) is 0 Å². The van der Waals surface area contributed by atoms with Crippen molar-refractivity contribution in [1.82, 2.24) is 9.80 Å². The number of oxime groups is 1. The Labute approximate surface area is 77.8 Å². The van der Waals surface area contributed by atoms with Crippen LogP contribution in [0.3, 0.4) is 0 Å². The van der Waals surface area contributed by atoms with Crippen LogP contribution >= 0.6 is 0 Å². The molecule has 4 bridgehead atoms. The molecule has 0 atom stereocenters. The van der Waals surface area contributed by atoms with Crippen LogP contribution in [0.4, 0.5) is 0 Å². The van der Waals surface area contributed by atoms with Gasteiger partial charge in [0.1, 0.15) is 0 Å². The monoisotopic (exact) mass is 181 g/mol. The Bertz CT molecular complexity index is 219. The fraction of sp³-hybridized carbons (Fsp3) is 0.889. The van der Waals surface area contributed by atoms with Gasteiger partial charge in [0.05, 0.1) is 5.71 Å². The molecular weight excluding hydrogens is 166 g/mol.